The van der Waals surface area contributed by atoms with Crippen LogP contribution in [0.25, 0.3) is 0 Å². The van der Waals surface area contributed by atoms with Crippen LogP contribution in [0.3, 0.4) is 0 Å². The molecule has 2 rings (SSSR count). The van der Waals surface area contributed by atoms with Crippen molar-refractivity contribution < 1.29 is 24.2 Å². The SMILES string of the molecule is COc1ccc(OC)c([C@@H]2C(C(C)=O)=C(O)C(=O)N2CCBr)c1. The summed E-state index contributed by atoms with van der Waals surface area (Å²) >= 11 is 3.29. The summed E-state index contributed by atoms with van der Waals surface area (Å²) in [5.74, 6) is -0.349. The van der Waals surface area contributed by atoms with E-state index in [0.717, 1.165) is 0 Å². The number of amides is 1. The number of alkyl halides is 1. The first-order chi connectivity index (χ1) is 11.0. The molecular formula is C16H18BrNO5. The fourth-order valence-corrected chi connectivity index (χ4v) is 3.09. The molecule has 0 saturated heterocycles. The van der Waals surface area contributed by atoms with Crippen molar-refractivity contribution in [3.05, 3.63) is 35.1 Å². The van der Waals surface area contributed by atoms with Gasteiger partial charge in [-0.2, -0.15) is 0 Å². The van der Waals surface area contributed by atoms with Crippen molar-refractivity contribution >= 4 is 27.6 Å². The van der Waals surface area contributed by atoms with Gasteiger partial charge < -0.3 is 19.5 Å². The number of ketones is 1. The van der Waals surface area contributed by atoms with Crippen LogP contribution >= 0.6 is 15.9 Å². The molecule has 0 saturated carbocycles. The number of aliphatic hydroxyl groups excluding tert-OH is 1. The first-order valence-electron chi connectivity index (χ1n) is 6.99. The molecule has 0 fully saturated rings. The van der Waals surface area contributed by atoms with Crippen LogP contribution in [0, 0.1) is 0 Å². The summed E-state index contributed by atoms with van der Waals surface area (Å²) in [5.41, 5.74) is 0.665. The van der Waals surface area contributed by atoms with Crippen LogP contribution in [-0.2, 0) is 9.59 Å². The van der Waals surface area contributed by atoms with Gasteiger partial charge in [-0.05, 0) is 25.1 Å². The van der Waals surface area contributed by atoms with Crippen LogP contribution in [0.5, 0.6) is 11.5 Å². The second-order valence-corrected chi connectivity index (χ2v) is 5.81. The number of nitrogens with zero attached hydrogens (tertiary/aromatic N) is 1. The van der Waals surface area contributed by atoms with E-state index < -0.39 is 17.7 Å². The molecule has 0 radical (unpaired) electrons. The van der Waals surface area contributed by atoms with Gasteiger partial charge >= 0.3 is 0 Å². The fourth-order valence-electron chi connectivity index (χ4n) is 2.71. The van der Waals surface area contributed by atoms with Crippen LogP contribution in [0.15, 0.2) is 29.5 Å². The molecule has 0 spiro atoms. The summed E-state index contributed by atoms with van der Waals surface area (Å²) in [6.45, 7) is 1.67. The smallest absolute Gasteiger partial charge is 0.290 e. The lowest BCUT2D eigenvalue weighted by Gasteiger charge is -2.27. The van der Waals surface area contributed by atoms with Gasteiger partial charge in [0.2, 0.25) is 0 Å². The Balaban J connectivity index is 2.65. The van der Waals surface area contributed by atoms with E-state index in [0.29, 0.717) is 28.9 Å². The van der Waals surface area contributed by atoms with Crippen molar-refractivity contribution in [3.63, 3.8) is 0 Å². The first kappa shape index (κ1) is 17.3. The maximum absolute atomic E-state index is 12.3. The minimum atomic E-state index is -0.706. The van der Waals surface area contributed by atoms with Crippen LogP contribution in [0.4, 0.5) is 0 Å². The predicted molar refractivity (Wildman–Crippen MR) is 88.1 cm³/mol. The quantitative estimate of drug-likeness (QED) is 0.763. The Morgan fingerprint density at radius 2 is 2.04 bits per heavy atom. The van der Waals surface area contributed by atoms with E-state index in [1.54, 1.807) is 18.2 Å². The zero-order valence-corrected chi connectivity index (χ0v) is 14.7. The molecule has 1 aromatic carbocycles. The van der Waals surface area contributed by atoms with Gasteiger partial charge in [0.15, 0.2) is 11.5 Å². The summed E-state index contributed by atoms with van der Waals surface area (Å²) in [6.07, 6.45) is 0. The predicted octanol–water partition coefficient (Wildman–Crippen LogP) is 2.38. The van der Waals surface area contributed by atoms with Gasteiger partial charge in [0, 0.05) is 17.4 Å². The van der Waals surface area contributed by atoms with Crippen LogP contribution in [0.1, 0.15) is 18.5 Å². The van der Waals surface area contributed by atoms with Crippen molar-refractivity contribution in [2.45, 2.75) is 13.0 Å². The van der Waals surface area contributed by atoms with Crippen molar-refractivity contribution in [2.75, 3.05) is 26.1 Å². The number of carbonyl (C=O) groups is 2. The van der Waals surface area contributed by atoms with Gasteiger partial charge in [-0.1, -0.05) is 15.9 Å². The molecular weight excluding hydrogens is 366 g/mol. The average molecular weight is 384 g/mol. The number of halogens is 1. The Bertz CT molecular complexity index is 670. The molecule has 124 valence electrons. The van der Waals surface area contributed by atoms with E-state index in [1.165, 1.54) is 26.0 Å². The molecule has 1 aliphatic heterocycles. The van der Waals surface area contributed by atoms with E-state index in [-0.39, 0.29) is 11.4 Å². The Morgan fingerprint density at radius 3 is 2.57 bits per heavy atom. The Labute approximate surface area is 142 Å². The van der Waals surface area contributed by atoms with Gasteiger partial charge in [0.05, 0.1) is 25.8 Å². The fraction of sp³-hybridized carbons (Fsp3) is 0.375. The number of hydrogen-bond donors (Lipinski definition) is 1. The molecule has 0 unspecified atom stereocenters. The minimum absolute atomic E-state index is 0.0718. The third-order valence-corrected chi connectivity index (χ3v) is 4.09. The summed E-state index contributed by atoms with van der Waals surface area (Å²) in [7, 11) is 3.04. The molecule has 0 aromatic heterocycles. The molecule has 1 heterocycles. The third-order valence-electron chi connectivity index (χ3n) is 3.74. The third kappa shape index (κ3) is 3.06. The van der Waals surface area contributed by atoms with E-state index in [4.69, 9.17) is 9.47 Å². The second-order valence-electron chi connectivity index (χ2n) is 5.02. The second kappa shape index (κ2) is 7.04. The monoisotopic (exact) mass is 383 g/mol. The molecule has 1 aromatic rings. The number of carbonyl (C=O) groups excluding carboxylic acids is 2. The topological polar surface area (TPSA) is 76.1 Å². The maximum atomic E-state index is 12.3. The minimum Gasteiger partial charge on any atom is -0.503 e. The first-order valence-corrected chi connectivity index (χ1v) is 8.11. The van der Waals surface area contributed by atoms with Crippen molar-refractivity contribution in [1.82, 2.24) is 4.90 Å². The number of benzene rings is 1. The highest BCUT2D eigenvalue weighted by atomic mass is 79.9. The Kier molecular flexibility index (Phi) is 5.30. The van der Waals surface area contributed by atoms with Gasteiger partial charge in [0.25, 0.3) is 5.91 Å². The van der Waals surface area contributed by atoms with Crippen LogP contribution in [0.2, 0.25) is 0 Å². The summed E-state index contributed by atoms with van der Waals surface area (Å²) in [5, 5.41) is 10.6. The number of methoxy groups -OCH3 is 2. The largest absolute Gasteiger partial charge is 0.503 e. The summed E-state index contributed by atoms with van der Waals surface area (Å²) < 4.78 is 10.6. The van der Waals surface area contributed by atoms with Gasteiger partial charge in [-0.25, -0.2) is 0 Å². The average Bonchev–Trinajstić information content (AvgIpc) is 2.79. The van der Waals surface area contributed by atoms with E-state index in [2.05, 4.69) is 15.9 Å². The van der Waals surface area contributed by atoms with Crippen LogP contribution in [-0.4, -0.2) is 47.8 Å². The van der Waals surface area contributed by atoms with E-state index in [9.17, 15) is 14.7 Å². The van der Waals surface area contributed by atoms with E-state index >= 15 is 0 Å². The van der Waals surface area contributed by atoms with Crippen molar-refractivity contribution in [1.29, 1.82) is 0 Å². The molecule has 6 nitrogen and oxygen atoms in total. The maximum Gasteiger partial charge on any atom is 0.290 e. The van der Waals surface area contributed by atoms with Gasteiger partial charge in [-0.3, -0.25) is 9.59 Å². The molecule has 1 N–H and O–H groups in total. The molecule has 1 atom stereocenters. The molecule has 1 aliphatic rings. The molecule has 23 heavy (non-hydrogen) atoms. The molecule has 7 heteroatoms. The summed E-state index contributed by atoms with van der Waals surface area (Å²) in [6, 6.07) is 4.44. The lowest BCUT2D eigenvalue weighted by atomic mass is 9.95. The van der Waals surface area contributed by atoms with Gasteiger partial charge in [-0.15, -0.1) is 0 Å². The standard InChI is InChI=1S/C16H18BrNO5/c1-9(19)13-14(18(7-6-17)16(21)15(13)20)11-8-10(22-2)4-5-12(11)23-3/h4-5,8,14,20H,6-7H2,1-3H3/t14-/m1/s1. The highest BCUT2D eigenvalue weighted by molar-refractivity contribution is 9.09. The van der Waals surface area contributed by atoms with Crippen molar-refractivity contribution in [2.24, 2.45) is 0 Å². The number of Topliss-reactive ketones (excluding diaryl/α,β-unsaturated/α-hetero) is 1. The van der Waals surface area contributed by atoms with Gasteiger partial charge in [0.1, 0.15) is 11.5 Å². The number of rotatable bonds is 6. The zero-order chi connectivity index (χ0) is 17.1. The lowest BCUT2D eigenvalue weighted by molar-refractivity contribution is -0.129. The molecule has 0 aliphatic carbocycles. The highest BCUT2D eigenvalue weighted by Crippen LogP contribution is 2.42. The van der Waals surface area contributed by atoms with E-state index in [1.807, 2.05) is 0 Å². The Hall–Kier alpha value is -2.02. The molecule has 1 amide bonds. The normalized spacial score (nSPS) is 17.7. The van der Waals surface area contributed by atoms with Crippen molar-refractivity contribution in [3.8, 4) is 11.5 Å². The zero-order valence-electron chi connectivity index (χ0n) is 13.1. The number of aliphatic hydroxyl groups is 1. The number of ether oxygens (including phenoxy) is 2. The highest BCUT2D eigenvalue weighted by Gasteiger charge is 2.43. The van der Waals surface area contributed by atoms with Crippen LogP contribution < -0.4 is 9.47 Å². The summed E-state index contributed by atoms with van der Waals surface area (Å²) in [4.78, 5) is 25.8. The number of hydrogen-bond acceptors (Lipinski definition) is 5. The molecule has 0 bridgehead atoms. The lowest BCUT2D eigenvalue weighted by Crippen LogP contribution is -2.32. The Morgan fingerprint density at radius 1 is 1.35 bits per heavy atom.